The molecule has 0 aromatic heterocycles. The van der Waals surface area contributed by atoms with Crippen LogP contribution in [0.3, 0.4) is 0 Å². The number of hydrogen-bond donors (Lipinski definition) is 1. The fourth-order valence-electron chi connectivity index (χ4n) is 3.48. The third-order valence-corrected chi connectivity index (χ3v) is 5.10. The lowest BCUT2D eigenvalue weighted by Crippen LogP contribution is -2.45. The molecule has 0 saturated heterocycles. The summed E-state index contributed by atoms with van der Waals surface area (Å²) in [6, 6.07) is 0.682. The van der Waals surface area contributed by atoms with Crippen molar-refractivity contribution < 1.29 is 9.90 Å². The van der Waals surface area contributed by atoms with Crippen molar-refractivity contribution in [1.29, 1.82) is 0 Å². The Morgan fingerprint density at radius 2 is 2.11 bits per heavy atom. The molecule has 2 rings (SSSR count). The molecule has 0 aromatic carbocycles. The highest BCUT2D eigenvalue weighted by atomic mass is 16.3. The maximum absolute atomic E-state index is 12.1. The van der Waals surface area contributed by atoms with Crippen LogP contribution in [0.15, 0.2) is 0 Å². The van der Waals surface area contributed by atoms with E-state index in [1.54, 1.807) is 0 Å². The highest BCUT2D eigenvalue weighted by Gasteiger charge is 2.32. The number of aliphatic hydroxyl groups is 1. The minimum absolute atomic E-state index is 0.262. The van der Waals surface area contributed by atoms with Gasteiger partial charge in [0.15, 0.2) is 0 Å². The predicted octanol–water partition coefficient (Wildman–Crippen LogP) is 2.62. The second kappa shape index (κ2) is 7.39. The molecule has 1 N–H and O–H groups in total. The molecule has 0 heterocycles. The molecule has 19 heavy (non-hydrogen) atoms. The van der Waals surface area contributed by atoms with E-state index in [9.17, 15) is 4.79 Å². The number of ketones is 1. The van der Waals surface area contributed by atoms with E-state index in [0.717, 1.165) is 44.7 Å². The number of carbonyl (C=O) groups excluding carboxylic acids is 1. The van der Waals surface area contributed by atoms with Gasteiger partial charge in [0.2, 0.25) is 0 Å². The molecule has 0 aliphatic heterocycles. The highest BCUT2D eigenvalue weighted by molar-refractivity contribution is 5.81. The molecule has 2 unspecified atom stereocenters. The van der Waals surface area contributed by atoms with Crippen molar-refractivity contribution >= 4 is 5.78 Å². The van der Waals surface area contributed by atoms with Gasteiger partial charge in [-0.05, 0) is 38.0 Å². The van der Waals surface area contributed by atoms with Crippen LogP contribution in [0, 0.1) is 11.8 Å². The zero-order chi connectivity index (χ0) is 13.7. The molecule has 2 saturated carbocycles. The molecule has 0 amide bonds. The van der Waals surface area contributed by atoms with E-state index >= 15 is 0 Å². The van der Waals surface area contributed by atoms with Crippen LogP contribution in [-0.4, -0.2) is 41.5 Å². The summed E-state index contributed by atoms with van der Waals surface area (Å²) in [5.41, 5.74) is 0. The van der Waals surface area contributed by atoms with Crippen molar-refractivity contribution in [3.05, 3.63) is 0 Å². The molecule has 0 spiro atoms. The monoisotopic (exact) mass is 267 g/mol. The highest BCUT2D eigenvalue weighted by Crippen LogP contribution is 2.32. The van der Waals surface area contributed by atoms with E-state index in [-0.39, 0.29) is 12.5 Å². The zero-order valence-corrected chi connectivity index (χ0v) is 12.3. The summed E-state index contributed by atoms with van der Waals surface area (Å²) < 4.78 is 0. The summed E-state index contributed by atoms with van der Waals surface area (Å²) in [7, 11) is 0. The number of rotatable bonds is 7. The van der Waals surface area contributed by atoms with E-state index in [1.807, 2.05) is 0 Å². The molecular weight excluding hydrogens is 238 g/mol. The molecule has 2 aliphatic rings. The number of hydrogen-bond acceptors (Lipinski definition) is 3. The summed E-state index contributed by atoms with van der Waals surface area (Å²) in [6.07, 6.45) is 8.94. The average molecular weight is 267 g/mol. The normalized spacial score (nSPS) is 28.7. The van der Waals surface area contributed by atoms with Gasteiger partial charge in [-0.25, -0.2) is 0 Å². The SMILES string of the molecule is CCC1CCC(=O)C(CN(CCCO)C2CCC2)C1. The fourth-order valence-corrected chi connectivity index (χ4v) is 3.48. The number of Topliss-reactive ketones (excluding diaryl/α,β-unsaturated/α-hetero) is 1. The van der Waals surface area contributed by atoms with Gasteiger partial charge in [-0.1, -0.05) is 19.8 Å². The van der Waals surface area contributed by atoms with E-state index in [4.69, 9.17) is 5.11 Å². The third-order valence-electron chi connectivity index (χ3n) is 5.10. The molecular formula is C16H29NO2. The average Bonchev–Trinajstić information content (AvgIpc) is 2.36. The molecule has 0 bridgehead atoms. The van der Waals surface area contributed by atoms with Gasteiger partial charge in [0.05, 0.1) is 0 Å². The van der Waals surface area contributed by atoms with Crippen LogP contribution in [0.2, 0.25) is 0 Å². The van der Waals surface area contributed by atoms with Gasteiger partial charge in [0.1, 0.15) is 5.78 Å². The molecule has 110 valence electrons. The smallest absolute Gasteiger partial charge is 0.137 e. The maximum atomic E-state index is 12.1. The fraction of sp³-hybridized carbons (Fsp3) is 0.938. The van der Waals surface area contributed by atoms with Gasteiger partial charge in [0.25, 0.3) is 0 Å². The van der Waals surface area contributed by atoms with Crippen LogP contribution in [0.5, 0.6) is 0 Å². The molecule has 2 fully saturated rings. The van der Waals surface area contributed by atoms with Crippen LogP contribution in [0.1, 0.15) is 58.3 Å². The first kappa shape index (κ1) is 15.0. The standard InChI is InChI=1S/C16H29NO2/c1-2-13-7-8-16(19)14(11-13)12-17(9-4-10-18)15-5-3-6-15/h13-15,18H,2-12H2,1H3. The van der Waals surface area contributed by atoms with Crippen LogP contribution >= 0.6 is 0 Å². The summed E-state index contributed by atoms with van der Waals surface area (Å²) >= 11 is 0. The van der Waals surface area contributed by atoms with Gasteiger partial charge in [-0.3, -0.25) is 9.69 Å². The summed E-state index contributed by atoms with van der Waals surface area (Å²) in [4.78, 5) is 14.6. The van der Waals surface area contributed by atoms with E-state index in [2.05, 4.69) is 11.8 Å². The van der Waals surface area contributed by atoms with Crippen LogP contribution in [0.25, 0.3) is 0 Å². The van der Waals surface area contributed by atoms with Gasteiger partial charge >= 0.3 is 0 Å². The largest absolute Gasteiger partial charge is 0.396 e. The zero-order valence-electron chi connectivity index (χ0n) is 12.3. The third kappa shape index (κ3) is 4.03. The lowest BCUT2D eigenvalue weighted by molar-refractivity contribution is -0.126. The Morgan fingerprint density at radius 1 is 1.32 bits per heavy atom. The maximum Gasteiger partial charge on any atom is 0.137 e. The first-order valence-corrected chi connectivity index (χ1v) is 8.12. The Kier molecular flexibility index (Phi) is 5.83. The van der Waals surface area contributed by atoms with Crippen molar-refractivity contribution in [3.8, 4) is 0 Å². The molecule has 2 aliphatic carbocycles. The summed E-state index contributed by atoms with van der Waals surface area (Å²) in [5.74, 6) is 1.50. The van der Waals surface area contributed by atoms with Gasteiger partial charge in [0, 0.05) is 38.1 Å². The Balaban J connectivity index is 1.88. The van der Waals surface area contributed by atoms with Gasteiger partial charge in [-0.15, -0.1) is 0 Å². The van der Waals surface area contributed by atoms with Crippen molar-refractivity contribution in [3.63, 3.8) is 0 Å². The second-order valence-electron chi connectivity index (χ2n) is 6.37. The topological polar surface area (TPSA) is 40.5 Å². The number of carbonyl (C=O) groups is 1. The first-order valence-electron chi connectivity index (χ1n) is 8.12. The van der Waals surface area contributed by atoms with Crippen molar-refractivity contribution in [1.82, 2.24) is 4.90 Å². The van der Waals surface area contributed by atoms with Crippen LogP contribution < -0.4 is 0 Å². The second-order valence-corrected chi connectivity index (χ2v) is 6.37. The minimum Gasteiger partial charge on any atom is -0.396 e. The quantitative estimate of drug-likeness (QED) is 0.771. The van der Waals surface area contributed by atoms with E-state index in [1.165, 1.54) is 25.7 Å². The lowest BCUT2D eigenvalue weighted by Gasteiger charge is -2.40. The molecule has 3 nitrogen and oxygen atoms in total. The van der Waals surface area contributed by atoms with Gasteiger partial charge < -0.3 is 5.11 Å². The number of aliphatic hydroxyl groups excluding tert-OH is 1. The summed E-state index contributed by atoms with van der Waals surface area (Å²) in [6.45, 7) is 4.41. The van der Waals surface area contributed by atoms with E-state index in [0.29, 0.717) is 11.8 Å². The molecule has 2 atom stereocenters. The van der Waals surface area contributed by atoms with Gasteiger partial charge in [-0.2, -0.15) is 0 Å². The Labute approximate surface area is 117 Å². The Bertz CT molecular complexity index is 288. The molecule has 0 aromatic rings. The molecule has 0 radical (unpaired) electrons. The Hall–Kier alpha value is -0.410. The Morgan fingerprint density at radius 3 is 2.68 bits per heavy atom. The summed E-state index contributed by atoms with van der Waals surface area (Å²) in [5, 5.41) is 9.03. The van der Waals surface area contributed by atoms with Crippen molar-refractivity contribution in [2.24, 2.45) is 11.8 Å². The molecule has 3 heteroatoms. The predicted molar refractivity (Wildman–Crippen MR) is 77.0 cm³/mol. The van der Waals surface area contributed by atoms with Crippen molar-refractivity contribution in [2.45, 2.75) is 64.3 Å². The minimum atomic E-state index is 0.262. The van der Waals surface area contributed by atoms with Crippen LogP contribution in [-0.2, 0) is 4.79 Å². The van der Waals surface area contributed by atoms with Crippen LogP contribution in [0.4, 0.5) is 0 Å². The van der Waals surface area contributed by atoms with E-state index < -0.39 is 0 Å². The first-order chi connectivity index (χ1) is 9.24. The lowest BCUT2D eigenvalue weighted by atomic mass is 9.78. The number of nitrogens with zero attached hydrogens (tertiary/aromatic N) is 1. The van der Waals surface area contributed by atoms with Crippen molar-refractivity contribution in [2.75, 3.05) is 19.7 Å².